The fourth-order valence-electron chi connectivity index (χ4n) is 2.43. The summed E-state index contributed by atoms with van der Waals surface area (Å²) < 4.78 is 15.2. The van der Waals surface area contributed by atoms with Crippen LogP contribution in [-0.4, -0.2) is 33.3 Å². The number of nitrogens with zero attached hydrogens (tertiary/aromatic N) is 2. The van der Waals surface area contributed by atoms with Gasteiger partial charge in [-0.3, -0.25) is 4.79 Å². The van der Waals surface area contributed by atoms with Gasteiger partial charge in [0, 0.05) is 42.1 Å². The molecule has 2 N–H and O–H groups in total. The van der Waals surface area contributed by atoms with Gasteiger partial charge in [0.2, 0.25) is 0 Å². The van der Waals surface area contributed by atoms with Gasteiger partial charge in [0.15, 0.2) is 0 Å². The maximum atomic E-state index is 12.4. The van der Waals surface area contributed by atoms with Crippen molar-refractivity contribution in [2.75, 3.05) is 11.9 Å². The normalized spacial score (nSPS) is 16.8. The zero-order chi connectivity index (χ0) is 18.2. The van der Waals surface area contributed by atoms with Crippen molar-refractivity contribution in [2.45, 2.75) is 64.9 Å². The van der Waals surface area contributed by atoms with E-state index in [9.17, 15) is 9.35 Å². The third kappa shape index (κ3) is 3.84. The molecule has 0 spiro atoms. The fraction of sp³-hybridized carbons (Fsp3) is 0.647. The lowest BCUT2D eigenvalue weighted by Crippen LogP contribution is -2.41. The van der Waals surface area contributed by atoms with Gasteiger partial charge >= 0.3 is 0 Å². The average molecular weight is 353 g/mol. The van der Waals surface area contributed by atoms with E-state index >= 15 is 0 Å². The van der Waals surface area contributed by atoms with Gasteiger partial charge in [0.25, 0.3) is 5.91 Å². The second-order valence-corrected chi connectivity index (χ2v) is 9.50. The van der Waals surface area contributed by atoms with Gasteiger partial charge in [-0.1, -0.05) is 0 Å². The summed E-state index contributed by atoms with van der Waals surface area (Å²) in [5, 5.41) is 2.86. The lowest BCUT2D eigenvalue weighted by molar-refractivity contribution is 0.0965. The Labute approximate surface area is 147 Å². The van der Waals surface area contributed by atoms with Gasteiger partial charge in [-0.2, -0.15) is 0 Å². The maximum Gasteiger partial charge on any atom is 0.252 e. The van der Waals surface area contributed by atoms with Crippen molar-refractivity contribution in [1.29, 1.82) is 0 Å². The first-order valence-electron chi connectivity index (χ1n) is 8.25. The van der Waals surface area contributed by atoms with Gasteiger partial charge < -0.3 is 14.8 Å². The number of aromatic nitrogens is 1. The number of anilines is 1. The molecule has 0 aromatic carbocycles. The van der Waals surface area contributed by atoms with E-state index in [0.717, 1.165) is 17.1 Å². The zero-order valence-corrected chi connectivity index (χ0v) is 16.4. The van der Waals surface area contributed by atoms with Crippen LogP contribution < -0.4 is 14.9 Å². The van der Waals surface area contributed by atoms with Gasteiger partial charge in [0.05, 0.1) is 11.7 Å². The minimum atomic E-state index is -1.21. The molecule has 2 heterocycles. The monoisotopic (exact) mass is 352 g/mol. The van der Waals surface area contributed by atoms with Crippen LogP contribution in [0.3, 0.4) is 0 Å². The second-order valence-electron chi connectivity index (χ2n) is 7.50. The van der Waals surface area contributed by atoms with Crippen LogP contribution in [-0.2, 0) is 17.9 Å². The lowest BCUT2D eigenvalue weighted by Gasteiger charge is -2.28. The van der Waals surface area contributed by atoms with Crippen molar-refractivity contribution in [1.82, 2.24) is 15.0 Å². The van der Waals surface area contributed by atoms with Crippen molar-refractivity contribution in [3.8, 4) is 0 Å². The van der Waals surface area contributed by atoms with E-state index < -0.39 is 11.4 Å². The number of rotatable bonds is 5. The van der Waals surface area contributed by atoms with Crippen LogP contribution in [0.5, 0.6) is 0 Å². The topological polar surface area (TPSA) is 80.3 Å². The molecule has 134 valence electrons. The molecule has 1 aliphatic heterocycles. The summed E-state index contributed by atoms with van der Waals surface area (Å²) in [6, 6.07) is 1.89. The first-order valence-corrected chi connectivity index (χ1v) is 9.40. The Hall–Kier alpha value is -1.31. The summed E-state index contributed by atoms with van der Waals surface area (Å²) >= 11 is -1.21. The lowest BCUT2D eigenvalue weighted by atomic mass is 10.0. The van der Waals surface area contributed by atoms with E-state index in [1.165, 1.54) is 0 Å². The highest BCUT2D eigenvalue weighted by atomic mass is 32.2. The number of hydrogen-bond acceptors (Lipinski definition) is 5. The molecule has 1 aromatic rings. The quantitative estimate of drug-likeness (QED) is 0.795. The summed E-state index contributed by atoms with van der Waals surface area (Å²) in [6.07, 6.45) is 0. The van der Waals surface area contributed by atoms with Gasteiger partial charge in [-0.05, 0) is 47.6 Å². The van der Waals surface area contributed by atoms with E-state index in [0.29, 0.717) is 12.1 Å². The molecule has 0 saturated heterocycles. The Morgan fingerprint density at radius 2 is 2.00 bits per heavy atom. The van der Waals surface area contributed by atoms with Crippen molar-refractivity contribution < 1.29 is 9.35 Å². The molecule has 1 unspecified atom stereocenters. The molecule has 0 saturated carbocycles. The highest BCUT2D eigenvalue weighted by molar-refractivity contribution is 7.90. The molecule has 0 fully saturated rings. The molecule has 1 amide bonds. The highest BCUT2D eigenvalue weighted by Crippen LogP contribution is 2.29. The zero-order valence-electron chi connectivity index (χ0n) is 15.6. The van der Waals surface area contributed by atoms with E-state index in [2.05, 4.69) is 23.9 Å². The minimum absolute atomic E-state index is 0.0730. The second kappa shape index (κ2) is 6.90. The number of pyridine rings is 1. The maximum absolute atomic E-state index is 12.4. The van der Waals surface area contributed by atoms with E-state index in [1.807, 2.05) is 45.7 Å². The number of amides is 1. The Morgan fingerprint density at radius 3 is 2.54 bits per heavy atom. The number of hydrogen-bond donors (Lipinski definition) is 2. The Kier molecular flexibility index (Phi) is 5.47. The van der Waals surface area contributed by atoms with E-state index in [1.54, 1.807) is 0 Å². The van der Waals surface area contributed by atoms with Gasteiger partial charge in [-0.15, -0.1) is 4.72 Å². The molecular formula is C17H28N4O2S. The van der Waals surface area contributed by atoms with Gasteiger partial charge in [0.1, 0.15) is 10.6 Å². The van der Waals surface area contributed by atoms with Crippen molar-refractivity contribution >= 4 is 23.1 Å². The molecular weight excluding hydrogens is 324 g/mol. The molecule has 24 heavy (non-hydrogen) atoms. The van der Waals surface area contributed by atoms with Crippen LogP contribution in [0.1, 0.15) is 69.2 Å². The molecule has 1 aliphatic rings. The first kappa shape index (κ1) is 19.0. The largest absolute Gasteiger partial charge is 0.598 e. The molecule has 0 radical (unpaired) electrons. The van der Waals surface area contributed by atoms with Crippen molar-refractivity contribution in [2.24, 2.45) is 0 Å². The highest BCUT2D eigenvalue weighted by Gasteiger charge is 2.32. The summed E-state index contributed by atoms with van der Waals surface area (Å²) in [6.45, 7) is 12.3. The summed E-state index contributed by atoms with van der Waals surface area (Å²) in [4.78, 5) is 18.9. The minimum Gasteiger partial charge on any atom is -0.598 e. The smallest absolute Gasteiger partial charge is 0.252 e. The summed E-state index contributed by atoms with van der Waals surface area (Å²) in [7, 11) is 1.96. The standard InChI is InChI=1S/C17H28N4O2S/c1-10(2)21(7)14-8-12-13(9-18-16(12)22)15(19-14)11(3)20-24(23)17(4,5)6/h8,10-11,20H,9H2,1-7H3,(H,18,22)/t11?,24-/m0/s1. The first-order chi connectivity index (χ1) is 11.0. The van der Waals surface area contributed by atoms with E-state index in [-0.39, 0.29) is 22.7 Å². The Morgan fingerprint density at radius 1 is 1.38 bits per heavy atom. The average Bonchev–Trinajstić information content (AvgIpc) is 2.85. The molecule has 6 nitrogen and oxygen atoms in total. The third-order valence-electron chi connectivity index (χ3n) is 4.20. The number of carbonyl (C=O) groups is 1. The Balaban J connectivity index is 2.41. The number of carbonyl (C=O) groups excluding carboxylic acids is 1. The third-order valence-corrected chi connectivity index (χ3v) is 5.88. The van der Waals surface area contributed by atoms with E-state index in [4.69, 9.17) is 4.98 Å². The Bertz CT molecular complexity index is 628. The van der Waals surface area contributed by atoms with Crippen LogP contribution in [0, 0.1) is 0 Å². The molecule has 0 bridgehead atoms. The van der Waals surface area contributed by atoms with Crippen molar-refractivity contribution in [3.05, 3.63) is 22.9 Å². The molecule has 2 rings (SSSR count). The van der Waals surface area contributed by atoms with Crippen LogP contribution in [0.25, 0.3) is 0 Å². The van der Waals surface area contributed by atoms with Crippen LogP contribution in [0.15, 0.2) is 6.07 Å². The summed E-state index contributed by atoms with van der Waals surface area (Å²) in [5.74, 6) is 0.683. The SMILES string of the molecule is CC(N[S@@+]([O-])C(C)(C)C)c1nc(N(C)C(C)C)cc2c1CNC2=O. The predicted octanol–water partition coefficient (Wildman–Crippen LogP) is 2.28. The predicted molar refractivity (Wildman–Crippen MR) is 98.4 cm³/mol. The summed E-state index contributed by atoms with van der Waals surface area (Å²) in [5.41, 5.74) is 2.34. The molecule has 1 aromatic heterocycles. The fourth-order valence-corrected chi connectivity index (χ4v) is 3.21. The van der Waals surface area contributed by atoms with Crippen LogP contribution in [0.4, 0.5) is 5.82 Å². The van der Waals surface area contributed by atoms with Gasteiger partial charge in [-0.25, -0.2) is 4.98 Å². The van der Waals surface area contributed by atoms with Crippen LogP contribution in [0.2, 0.25) is 0 Å². The molecule has 0 aliphatic carbocycles. The molecule has 7 heteroatoms. The molecule has 2 atom stereocenters. The number of nitrogens with one attached hydrogen (secondary N) is 2. The van der Waals surface area contributed by atoms with Crippen molar-refractivity contribution in [3.63, 3.8) is 0 Å². The number of fused-ring (bicyclic) bond motifs is 1. The van der Waals surface area contributed by atoms with Crippen LogP contribution >= 0.6 is 0 Å².